The van der Waals surface area contributed by atoms with Gasteiger partial charge in [0.1, 0.15) is 0 Å². The summed E-state index contributed by atoms with van der Waals surface area (Å²) in [5.41, 5.74) is -2.51. The summed E-state index contributed by atoms with van der Waals surface area (Å²) in [5, 5.41) is 12.9. The summed E-state index contributed by atoms with van der Waals surface area (Å²) < 4.78 is 64.8. The second-order valence-corrected chi connectivity index (χ2v) is 10.6. The predicted molar refractivity (Wildman–Crippen MR) is 114 cm³/mol. The molecule has 0 aromatic heterocycles. The number of rotatable bonds is 8. The van der Waals surface area contributed by atoms with Gasteiger partial charge in [0.15, 0.2) is 15.4 Å². The molecule has 0 bridgehead atoms. The number of carbonyl (C=O) groups excluding carboxylic acids is 1. The normalized spacial score (nSPS) is 16.6. The zero-order chi connectivity index (χ0) is 23.7. The molecule has 5 nitrogen and oxygen atoms in total. The molecule has 1 unspecified atom stereocenters. The monoisotopic (exact) mass is 469 g/mol. The van der Waals surface area contributed by atoms with Gasteiger partial charge in [0.25, 0.3) is 5.91 Å². The standard InChI is InChI=1S/C23H26F3NO4S/c1-15(2)22(29,23(24,25)26)19-9-7-18(8-10-19)21(28)27-13-16-5-11-20(12-6-16)32(30,31)14-17-3-4-17/h5-12,15,17,29H,3-4,13-14H2,1-2H3,(H,27,28). The molecule has 0 radical (unpaired) electrons. The van der Waals surface area contributed by atoms with Gasteiger partial charge in [-0.1, -0.05) is 38.1 Å². The molecule has 1 amide bonds. The van der Waals surface area contributed by atoms with Crippen molar-refractivity contribution in [3.05, 3.63) is 65.2 Å². The van der Waals surface area contributed by atoms with Gasteiger partial charge in [0.2, 0.25) is 0 Å². The lowest BCUT2D eigenvalue weighted by molar-refractivity contribution is -0.283. The zero-order valence-electron chi connectivity index (χ0n) is 17.8. The van der Waals surface area contributed by atoms with Crippen molar-refractivity contribution < 1.29 is 31.5 Å². The first-order valence-corrected chi connectivity index (χ1v) is 12.0. The van der Waals surface area contributed by atoms with Crippen molar-refractivity contribution in [3.8, 4) is 0 Å². The fourth-order valence-corrected chi connectivity index (χ4v) is 5.19. The van der Waals surface area contributed by atoms with Crippen LogP contribution in [-0.2, 0) is 22.0 Å². The number of halogens is 3. The molecule has 9 heteroatoms. The van der Waals surface area contributed by atoms with E-state index in [2.05, 4.69) is 5.32 Å². The molecule has 2 aromatic carbocycles. The van der Waals surface area contributed by atoms with Gasteiger partial charge >= 0.3 is 6.18 Å². The Labute approximate surface area is 185 Å². The minimum atomic E-state index is -4.86. The van der Waals surface area contributed by atoms with Crippen LogP contribution >= 0.6 is 0 Å². The van der Waals surface area contributed by atoms with Crippen LogP contribution in [0.25, 0.3) is 0 Å². The molecular formula is C23H26F3NO4S. The molecule has 2 aromatic rings. The third kappa shape index (κ3) is 5.15. The van der Waals surface area contributed by atoms with Crippen molar-refractivity contribution in [1.29, 1.82) is 0 Å². The molecule has 1 aliphatic rings. The number of hydrogen-bond donors (Lipinski definition) is 2. The van der Waals surface area contributed by atoms with Gasteiger partial charge in [-0.2, -0.15) is 13.2 Å². The molecule has 2 N–H and O–H groups in total. The Morgan fingerprint density at radius 1 is 1.06 bits per heavy atom. The highest BCUT2D eigenvalue weighted by Gasteiger charge is 2.56. The van der Waals surface area contributed by atoms with E-state index in [4.69, 9.17) is 0 Å². The lowest BCUT2D eigenvalue weighted by Crippen LogP contribution is -2.46. The van der Waals surface area contributed by atoms with Gasteiger partial charge < -0.3 is 10.4 Å². The van der Waals surface area contributed by atoms with E-state index in [0.29, 0.717) is 5.56 Å². The van der Waals surface area contributed by atoms with Crippen molar-refractivity contribution in [1.82, 2.24) is 5.32 Å². The molecule has 1 aliphatic carbocycles. The molecule has 0 saturated heterocycles. The Hall–Kier alpha value is -2.39. The molecule has 1 atom stereocenters. The Morgan fingerprint density at radius 2 is 1.62 bits per heavy atom. The minimum absolute atomic E-state index is 0.127. The number of carbonyl (C=O) groups is 1. The van der Waals surface area contributed by atoms with Crippen LogP contribution in [0.15, 0.2) is 53.4 Å². The van der Waals surface area contributed by atoms with E-state index in [1.54, 1.807) is 12.1 Å². The lowest BCUT2D eigenvalue weighted by Gasteiger charge is -2.34. The molecule has 1 saturated carbocycles. The maximum atomic E-state index is 13.4. The Morgan fingerprint density at radius 3 is 2.09 bits per heavy atom. The topological polar surface area (TPSA) is 83.5 Å². The second-order valence-electron chi connectivity index (χ2n) is 8.55. The van der Waals surface area contributed by atoms with E-state index in [-0.39, 0.29) is 34.2 Å². The summed E-state index contributed by atoms with van der Waals surface area (Å²) in [7, 11) is -3.31. The molecule has 0 aliphatic heterocycles. The fraction of sp³-hybridized carbons (Fsp3) is 0.435. The molecule has 174 valence electrons. The lowest BCUT2D eigenvalue weighted by atomic mass is 9.82. The van der Waals surface area contributed by atoms with E-state index in [0.717, 1.165) is 25.0 Å². The molecule has 0 heterocycles. The van der Waals surface area contributed by atoms with Crippen LogP contribution in [0.1, 0.15) is 48.2 Å². The van der Waals surface area contributed by atoms with Crippen LogP contribution in [0.5, 0.6) is 0 Å². The maximum absolute atomic E-state index is 13.4. The molecule has 0 spiro atoms. The largest absolute Gasteiger partial charge is 0.421 e. The quantitative estimate of drug-likeness (QED) is 0.607. The van der Waals surface area contributed by atoms with Gasteiger partial charge in [0.05, 0.1) is 10.6 Å². The first-order chi connectivity index (χ1) is 14.8. The predicted octanol–water partition coefficient (Wildman–Crippen LogP) is 4.21. The van der Waals surface area contributed by atoms with Gasteiger partial charge in [-0.25, -0.2) is 8.42 Å². The Bertz CT molecular complexity index is 1060. The number of amides is 1. The highest BCUT2D eigenvalue weighted by molar-refractivity contribution is 7.91. The summed E-state index contributed by atoms with van der Waals surface area (Å²) in [6.45, 7) is 2.68. The van der Waals surface area contributed by atoms with Gasteiger partial charge in [-0.15, -0.1) is 0 Å². The van der Waals surface area contributed by atoms with Crippen molar-refractivity contribution in [2.45, 2.75) is 49.9 Å². The second kappa shape index (κ2) is 8.86. The summed E-state index contributed by atoms with van der Waals surface area (Å²) in [6, 6.07) is 10.9. The van der Waals surface area contributed by atoms with E-state index in [1.165, 1.54) is 38.1 Å². The number of sulfone groups is 1. The van der Waals surface area contributed by atoms with Crippen molar-refractivity contribution in [2.75, 3.05) is 5.75 Å². The molecule has 32 heavy (non-hydrogen) atoms. The van der Waals surface area contributed by atoms with Crippen LogP contribution in [0.3, 0.4) is 0 Å². The average molecular weight is 470 g/mol. The zero-order valence-corrected chi connectivity index (χ0v) is 18.6. The summed E-state index contributed by atoms with van der Waals surface area (Å²) >= 11 is 0. The third-order valence-corrected chi connectivity index (χ3v) is 7.64. The van der Waals surface area contributed by atoms with Gasteiger partial charge in [-0.3, -0.25) is 4.79 Å². The number of benzene rings is 2. The highest BCUT2D eigenvalue weighted by Crippen LogP contribution is 2.44. The fourth-order valence-electron chi connectivity index (χ4n) is 3.49. The number of hydrogen-bond acceptors (Lipinski definition) is 4. The minimum Gasteiger partial charge on any atom is -0.376 e. The van der Waals surface area contributed by atoms with Crippen molar-refractivity contribution >= 4 is 15.7 Å². The maximum Gasteiger partial charge on any atom is 0.421 e. The van der Waals surface area contributed by atoms with E-state index >= 15 is 0 Å². The summed E-state index contributed by atoms with van der Waals surface area (Å²) in [5.74, 6) is -1.21. The smallest absolute Gasteiger partial charge is 0.376 e. The Kier molecular flexibility index (Phi) is 6.72. The van der Waals surface area contributed by atoms with Crippen LogP contribution in [0, 0.1) is 11.8 Å². The van der Waals surface area contributed by atoms with Gasteiger partial charge in [-0.05, 0) is 60.1 Å². The van der Waals surface area contributed by atoms with E-state index < -0.39 is 33.4 Å². The van der Waals surface area contributed by atoms with Gasteiger partial charge in [0, 0.05) is 12.1 Å². The van der Waals surface area contributed by atoms with Crippen LogP contribution in [-0.4, -0.2) is 31.4 Å². The van der Waals surface area contributed by atoms with Crippen LogP contribution in [0.2, 0.25) is 0 Å². The summed E-state index contributed by atoms with van der Waals surface area (Å²) in [6.07, 6.45) is -2.97. The number of alkyl halides is 3. The highest BCUT2D eigenvalue weighted by atomic mass is 32.2. The average Bonchev–Trinajstić information content (AvgIpc) is 3.54. The van der Waals surface area contributed by atoms with Crippen molar-refractivity contribution in [3.63, 3.8) is 0 Å². The van der Waals surface area contributed by atoms with Crippen LogP contribution < -0.4 is 5.32 Å². The third-order valence-electron chi connectivity index (χ3n) is 5.74. The summed E-state index contributed by atoms with van der Waals surface area (Å²) in [4.78, 5) is 12.6. The van der Waals surface area contributed by atoms with E-state index in [9.17, 15) is 31.5 Å². The molecular weight excluding hydrogens is 443 g/mol. The molecule has 1 fully saturated rings. The van der Waals surface area contributed by atoms with E-state index in [1.807, 2.05) is 0 Å². The SMILES string of the molecule is CC(C)C(O)(c1ccc(C(=O)NCc2ccc(S(=O)(=O)CC3CC3)cc2)cc1)C(F)(F)F. The number of aliphatic hydroxyl groups is 1. The number of nitrogens with one attached hydrogen (secondary N) is 1. The van der Waals surface area contributed by atoms with Crippen molar-refractivity contribution in [2.24, 2.45) is 11.8 Å². The first-order valence-electron chi connectivity index (χ1n) is 10.3. The molecule has 3 rings (SSSR count). The first kappa shape index (κ1) is 24.3. The van der Waals surface area contributed by atoms with Crippen LogP contribution in [0.4, 0.5) is 13.2 Å². The Balaban J connectivity index is 1.64.